The molecule has 0 aliphatic carbocycles. The van der Waals surface area contributed by atoms with Crippen molar-refractivity contribution in [3.63, 3.8) is 0 Å². The van der Waals surface area contributed by atoms with Gasteiger partial charge in [0.2, 0.25) is 0 Å². The van der Waals surface area contributed by atoms with Crippen molar-refractivity contribution >= 4 is 30.6 Å². The van der Waals surface area contributed by atoms with Crippen LogP contribution in [0.5, 0.6) is 0 Å². The lowest BCUT2D eigenvalue weighted by molar-refractivity contribution is -0.139. The van der Waals surface area contributed by atoms with Crippen LogP contribution >= 0.6 is 0 Å². The van der Waals surface area contributed by atoms with Crippen LogP contribution in [0.3, 0.4) is 0 Å². The Kier molecular flexibility index (Phi) is 12.6. The Morgan fingerprint density at radius 3 is 1.86 bits per heavy atom. The van der Waals surface area contributed by atoms with E-state index in [-0.39, 0.29) is 30.1 Å². The fourth-order valence-electron chi connectivity index (χ4n) is 4.67. The van der Waals surface area contributed by atoms with E-state index >= 15 is 0 Å². The molecule has 0 bridgehead atoms. The molecular formula is C31H42O5Si. The van der Waals surface area contributed by atoms with E-state index < -0.39 is 14.3 Å². The summed E-state index contributed by atoms with van der Waals surface area (Å²) in [4.78, 5) is 21.9. The Morgan fingerprint density at radius 2 is 1.38 bits per heavy atom. The first-order valence-electron chi connectivity index (χ1n) is 13.3. The minimum atomic E-state index is -2.76. The van der Waals surface area contributed by atoms with Gasteiger partial charge in [-0.15, -0.1) is 0 Å². The summed E-state index contributed by atoms with van der Waals surface area (Å²) in [7, 11) is -2.76. The van der Waals surface area contributed by atoms with Gasteiger partial charge < -0.3 is 14.3 Å². The van der Waals surface area contributed by atoms with Crippen LogP contribution < -0.4 is 10.4 Å². The Morgan fingerprint density at radius 1 is 0.865 bits per heavy atom. The maximum atomic E-state index is 11.2. The van der Waals surface area contributed by atoms with E-state index in [1.54, 1.807) is 0 Å². The largest absolute Gasteiger partial charge is 0.481 e. The van der Waals surface area contributed by atoms with Gasteiger partial charge in [0.15, 0.2) is 6.61 Å². The lowest BCUT2D eigenvalue weighted by atomic mass is 10.1. The zero-order valence-electron chi connectivity index (χ0n) is 22.8. The molecule has 0 amide bonds. The van der Waals surface area contributed by atoms with Gasteiger partial charge in [0.25, 0.3) is 8.32 Å². The topological polar surface area (TPSA) is 72.8 Å². The maximum absolute atomic E-state index is 11.2. The highest BCUT2D eigenvalue weighted by molar-refractivity contribution is 6.99. The molecular weight excluding hydrogens is 480 g/mol. The Hall–Kier alpha value is -2.88. The van der Waals surface area contributed by atoms with Crippen molar-refractivity contribution in [2.75, 3.05) is 6.61 Å². The Bertz CT molecular complexity index is 979. The number of ether oxygens (including phenoxy) is 1. The minimum Gasteiger partial charge on any atom is -0.481 e. The second kappa shape index (κ2) is 15.4. The summed E-state index contributed by atoms with van der Waals surface area (Å²) in [5.74, 6) is 5.24. The molecule has 2 aromatic rings. The molecule has 0 saturated heterocycles. The lowest BCUT2D eigenvalue weighted by Crippen LogP contribution is -2.67. The Balaban J connectivity index is 2.27. The van der Waals surface area contributed by atoms with Gasteiger partial charge in [-0.3, -0.25) is 9.59 Å². The van der Waals surface area contributed by atoms with Crippen LogP contribution in [0.4, 0.5) is 0 Å². The summed E-state index contributed by atoms with van der Waals surface area (Å²) < 4.78 is 12.3. The van der Waals surface area contributed by atoms with E-state index in [2.05, 4.69) is 81.1 Å². The Labute approximate surface area is 223 Å². The fraction of sp³-hybridized carbons (Fsp3) is 0.484. The average Bonchev–Trinajstić information content (AvgIpc) is 2.86. The van der Waals surface area contributed by atoms with E-state index in [9.17, 15) is 9.59 Å². The molecule has 37 heavy (non-hydrogen) atoms. The lowest BCUT2D eigenvalue weighted by Gasteiger charge is -2.44. The average molecular weight is 523 g/mol. The van der Waals surface area contributed by atoms with Crippen LogP contribution in [0, 0.1) is 11.8 Å². The van der Waals surface area contributed by atoms with Gasteiger partial charge in [-0.25, -0.2) is 0 Å². The SMILES string of the molecule is CC(=O)OCC#CC(CCCCCCCCC(=O)O)O[Si](c1ccccc1)(c1ccccc1)C(C)(C)C. The van der Waals surface area contributed by atoms with E-state index in [0.717, 1.165) is 44.9 Å². The summed E-state index contributed by atoms with van der Waals surface area (Å²) in [5.41, 5.74) is 0. The van der Waals surface area contributed by atoms with Crippen LogP contribution in [0.25, 0.3) is 0 Å². The number of carbonyl (C=O) groups is 2. The van der Waals surface area contributed by atoms with Gasteiger partial charge in [0, 0.05) is 13.3 Å². The van der Waals surface area contributed by atoms with Gasteiger partial charge in [0.05, 0.1) is 0 Å². The van der Waals surface area contributed by atoms with Crippen molar-refractivity contribution in [2.24, 2.45) is 0 Å². The smallest absolute Gasteiger partial charge is 0.303 e. The van der Waals surface area contributed by atoms with Crippen LogP contribution in [0.2, 0.25) is 5.04 Å². The molecule has 200 valence electrons. The highest BCUT2D eigenvalue weighted by Crippen LogP contribution is 2.38. The predicted octanol–water partition coefficient (Wildman–Crippen LogP) is 5.70. The molecule has 0 aliphatic heterocycles. The number of benzene rings is 2. The molecule has 1 unspecified atom stereocenters. The van der Waals surface area contributed by atoms with Crippen LogP contribution in [0.15, 0.2) is 60.7 Å². The molecule has 6 heteroatoms. The first kappa shape index (κ1) is 30.3. The number of unbranched alkanes of at least 4 members (excludes halogenated alkanes) is 5. The number of hydrogen-bond acceptors (Lipinski definition) is 4. The van der Waals surface area contributed by atoms with Crippen molar-refractivity contribution in [3.05, 3.63) is 60.7 Å². The highest BCUT2D eigenvalue weighted by atomic mass is 28.4. The highest BCUT2D eigenvalue weighted by Gasteiger charge is 2.51. The molecule has 0 radical (unpaired) electrons. The molecule has 2 rings (SSSR count). The van der Waals surface area contributed by atoms with Crippen molar-refractivity contribution in [1.82, 2.24) is 0 Å². The van der Waals surface area contributed by atoms with E-state index in [4.69, 9.17) is 14.3 Å². The summed E-state index contributed by atoms with van der Waals surface area (Å²) in [5, 5.41) is 11.1. The van der Waals surface area contributed by atoms with Gasteiger partial charge >= 0.3 is 11.9 Å². The summed E-state index contributed by atoms with van der Waals surface area (Å²) in [6.07, 6.45) is 6.50. The van der Waals surface area contributed by atoms with E-state index in [1.807, 2.05) is 12.1 Å². The zero-order valence-corrected chi connectivity index (χ0v) is 23.8. The molecule has 0 heterocycles. The quantitative estimate of drug-likeness (QED) is 0.149. The van der Waals surface area contributed by atoms with Gasteiger partial charge in [-0.2, -0.15) is 0 Å². The van der Waals surface area contributed by atoms with Gasteiger partial charge in [-0.1, -0.05) is 119 Å². The van der Waals surface area contributed by atoms with Crippen molar-refractivity contribution < 1.29 is 23.9 Å². The fourth-order valence-corrected chi connectivity index (χ4v) is 9.29. The molecule has 0 fully saturated rings. The molecule has 0 aliphatic rings. The standard InChI is InChI=1S/C31H42O5Si/c1-26(32)35-25-17-19-27(18-11-7-5-6-8-16-24-30(33)34)36-37(31(2,3)4,28-20-12-9-13-21-28)29-22-14-10-15-23-29/h9-10,12-15,20-23,27H,5-8,11,16,18,24-25H2,1-4H3,(H,33,34). The zero-order chi connectivity index (χ0) is 27.2. The normalized spacial score (nSPS) is 12.3. The number of hydrogen-bond donors (Lipinski definition) is 1. The maximum Gasteiger partial charge on any atom is 0.303 e. The summed E-state index contributed by atoms with van der Waals surface area (Å²) in [6, 6.07) is 21.0. The number of carboxylic acids is 1. The third-order valence-electron chi connectivity index (χ3n) is 6.45. The number of esters is 1. The molecule has 0 spiro atoms. The van der Waals surface area contributed by atoms with Crippen LogP contribution in [-0.4, -0.2) is 38.1 Å². The number of carboxylic acid groups (broad SMARTS) is 1. The molecule has 1 N–H and O–H groups in total. The monoisotopic (exact) mass is 522 g/mol. The second-order valence-electron chi connectivity index (χ2n) is 10.4. The van der Waals surface area contributed by atoms with Crippen LogP contribution in [-0.2, 0) is 18.8 Å². The predicted molar refractivity (Wildman–Crippen MR) is 151 cm³/mol. The van der Waals surface area contributed by atoms with Crippen molar-refractivity contribution in [2.45, 2.75) is 90.2 Å². The summed E-state index contributed by atoms with van der Waals surface area (Å²) in [6.45, 7) is 8.19. The minimum absolute atomic E-state index is 0.0551. The first-order valence-corrected chi connectivity index (χ1v) is 15.2. The number of rotatable bonds is 14. The van der Waals surface area contributed by atoms with Crippen LogP contribution in [0.1, 0.15) is 79.1 Å². The van der Waals surface area contributed by atoms with E-state index in [1.165, 1.54) is 17.3 Å². The summed E-state index contributed by atoms with van der Waals surface area (Å²) >= 11 is 0. The third kappa shape index (κ3) is 9.83. The number of aliphatic carboxylic acids is 1. The molecule has 5 nitrogen and oxygen atoms in total. The van der Waals surface area contributed by atoms with Gasteiger partial charge in [-0.05, 0) is 34.7 Å². The van der Waals surface area contributed by atoms with Gasteiger partial charge in [0.1, 0.15) is 6.10 Å². The molecule has 1 atom stereocenters. The second-order valence-corrected chi connectivity index (χ2v) is 14.7. The van der Waals surface area contributed by atoms with E-state index in [0.29, 0.717) is 0 Å². The molecule has 2 aromatic carbocycles. The third-order valence-corrected chi connectivity index (χ3v) is 11.5. The molecule has 0 saturated carbocycles. The molecule has 0 aromatic heterocycles. The number of carbonyl (C=O) groups excluding carboxylic acids is 1. The van der Waals surface area contributed by atoms with Crippen molar-refractivity contribution in [1.29, 1.82) is 0 Å². The van der Waals surface area contributed by atoms with Crippen molar-refractivity contribution in [3.8, 4) is 11.8 Å². The first-order chi connectivity index (χ1) is 17.7.